The number of ether oxygens (including phenoxy) is 1. The Morgan fingerprint density at radius 3 is 3.04 bits per heavy atom. The van der Waals surface area contributed by atoms with Crippen LogP contribution in [0.5, 0.6) is 5.88 Å². The molecule has 0 aromatic carbocycles. The Hall–Kier alpha value is -1.73. The summed E-state index contributed by atoms with van der Waals surface area (Å²) < 4.78 is 5.18. The molecule has 0 N–H and O–H groups in total. The third-order valence-electron chi connectivity index (χ3n) is 4.22. The van der Waals surface area contributed by atoms with E-state index in [9.17, 15) is 0 Å². The Morgan fingerprint density at radius 2 is 2.30 bits per heavy atom. The van der Waals surface area contributed by atoms with E-state index in [1.165, 1.54) is 11.3 Å². The average Bonchev–Trinajstić information content (AvgIpc) is 3.17. The fraction of sp³-hybridized carbons (Fsp3) is 0.562. The van der Waals surface area contributed by atoms with Crippen molar-refractivity contribution in [1.82, 2.24) is 19.9 Å². The van der Waals surface area contributed by atoms with Crippen LogP contribution in [0.1, 0.15) is 17.0 Å². The lowest BCUT2D eigenvalue weighted by atomic mass is 10.1. The molecule has 3 heterocycles. The number of anilines is 1. The van der Waals surface area contributed by atoms with E-state index < -0.39 is 0 Å². The first-order chi connectivity index (χ1) is 11.2. The number of aromatic nitrogens is 3. The number of hydrogen-bond acceptors (Lipinski definition) is 7. The van der Waals surface area contributed by atoms with Gasteiger partial charge in [0, 0.05) is 43.3 Å². The molecule has 0 saturated carbocycles. The molecule has 2 aromatic rings. The van der Waals surface area contributed by atoms with Crippen LogP contribution < -0.4 is 9.64 Å². The highest BCUT2D eigenvalue weighted by Gasteiger charge is 2.25. The van der Waals surface area contributed by atoms with Crippen molar-refractivity contribution >= 4 is 17.3 Å². The molecule has 23 heavy (non-hydrogen) atoms. The van der Waals surface area contributed by atoms with Crippen molar-refractivity contribution < 1.29 is 4.74 Å². The molecule has 0 radical (unpaired) electrons. The predicted octanol–water partition coefficient (Wildman–Crippen LogP) is 2.21. The van der Waals surface area contributed by atoms with Gasteiger partial charge in [-0.15, -0.1) is 11.3 Å². The number of aryl methyl sites for hydroxylation is 1. The largest absolute Gasteiger partial charge is 0.481 e. The minimum Gasteiger partial charge on any atom is -0.481 e. The zero-order valence-electron chi connectivity index (χ0n) is 13.9. The van der Waals surface area contributed by atoms with E-state index in [1.54, 1.807) is 30.7 Å². The van der Waals surface area contributed by atoms with Gasteiger partial charge in [-0.05, 0) is 26.3 Å². The summed E-state index contributed by atoms with van der Waals surface area (Å²) in [6.45, 7) is 6.14. The van der Waals surface area contributed by atoms with Crippen LogP contribution >= 0.6 is 11.3 Å². The normalized spacial score (nSPS) is 17.9. The van der Waals surface area contributed by atoms with Gasteiger partial charge in [-0.2, -0.15) is 4.98 Å². The number of thiazole rings is 1. The summed E-state index contributed by atoms with van der Waals surface area (Å²) in [7, 11) is 3.82. The molecule has 3 rings (SSSR count). The summed E-state index contributed by atoms with van der Waals surface area (Å²) in [6, 6.07) is 1.78. The standard InChI is InChI=1S/C16H23N5OS/c1-12-14(23-11-18-12)10-20(2)8-13-5-7-21(9-13)16-17-6-4-15(19-16)22-3/h4,6,11,13H,5,7-10H2,1-3H3/t13-/m1/s1. The second-order valence-corrected chi connectivity index (χ2v) is 7.00. The van der Waals surface area contributed by atoms with Gasteiger partial charge < -0.3 is 14.5 Å². The second-order valence-electron chi connectivity index (χ2n) is 6.06. The molecular weight excluding hydrogens is 310 g/mol. The fourth-order valence-electron chi connectivity index (χ4n) is 2.99. The molecule has 1 fully saturated rings. The highest BCUT2D eigenvalue weighted by atomic mass is 32.1. The third kappa shape index (κ3) is 3.97. The summed E-state index contributed by atoms with van der Waals surface area (Å²) in [5.41, 5.74) is 3.08. The molecule has 0 bridgehead atoms. The van der Waals surface area contributed by atoms with Crippen molar-refractivity contribution in [2.75, 3.05) is 38.7 Å². The average molecular weight is 333 g/mol. The van der Waals surface area contributed by atoms with E-state index in [4.69, 9.17) is 4.74 Å². The van der Waals surface area contributed by atoms with Crippen molar-refractivity contribution in [3.05, 3.63) is 28.3 Å². The minimum absolute atomic E-state index is 0.622. The van der Waals surface area contributed by atoms with Crippen LogP contribution in [-0.4, -0.2) is 53.6 Å². The quantitative estimate of drug-likeness (QED) is 0.808. The Bertz CT molecular complexity index is 647. The van der Waals surface area contributed by atoms with Crippen LogP contribution in [0.25, 0.3) is 0 Å². The summed E-state index contributed by atoms with van der Waals surface area (Å²) in [5.74, 6) is 2.03. The summed E-state index contributed by atoms with van der Waals surface area (Å²) in [4.78, 5) is 19.1. The maximum Gasteiger partial charge on any atom is 0.228 e. The van der Waals surface area contributed by atoms with E-state index in [-0.39, 0.29) is 0 Å². The van der Waals surface area contributed by atoms with Gasteiger partial charge in [0.05, 0.1) is 18.3 Å². The van der Waals surface area contributed by atoms with Gasteiger partial charge in [0.2, 0.25) is 11.8 Å². The lowest BCUT2D eigenvalue weighted by Gasteiger charge is -2.21. The summed E-state index contributed by atoms with van der Waals surface area (Å²) >= 11 is 1.74. The van der Waals surface area contributed by atoms with Gasteiger partial charge in [-0.1, -0.05) is 0 Å². The number of rotatable bonds is 6. The Morgan fingerprint density at radius 1 is 1.43 bits per heavy atom. The van der Waals surface area contributed by atoms with Gasteiger partial charge in [-0.25, -0.2) is 9.97 Å². The minimum atomic E-state index is 0.622. The van der Waals surface area contributed by atoms with Crippen molar-refractivity contribution in [3.63, 3.8) is 0 Å². The van der Waals surface area contributed by atoms with Gasteiger partial charge in [0.15, 0.2) is 0 Å². The smallest absolute Gasteiger partial charge is 0.228 e. The Balaban J connectivity index is 1.54. The molecule has 2 aromatic heterocycles. The predicted molar refractivity (Wildman–Crippen MR) is 92.1 cm³/mol. The second kappa shape index (κ2) is 7.23. The summed E-state index contributed by atoms with van der Waals surface area (Å²) in [5, 5.41) is 0. The monoisotopic (exact) mass is 333 g/mol. The van der Waals surface area contributed by atoms with Crippen LogP contribution in [0.4, 0.5) is 5.95 Å². The SMILES string of the molecule is COc1ccnc(N2CC[C@H](CN(C)Cc3scnc3C)C2)n1. The lowest BCUT2D eigenvalue weighted by Crippen LogP contribution is -2.28. The molecule has 7 heteroatoms. The molecule has 1 aliphatic rings. The molecule has 1 atom stereocenters. The van der Waals surface area contributed by atoms with Crippen LogP contribution in [-0.2, 0) is 6.54 Å². The van der Waals surface area contributed by atoms with E-state index >= 15 is 0 Å². The zero-order valence-corrected chi connectivity index (χ0v) is 14.7. The van der Waals surface area contributed by atoms with Crippen molar-refractivity contribution in [1.29, 1.82) is 0 Å². The molecule has 0 aliphatic carbocycles. The highest BCUT2D eigenvalue weighted by Crippen LogP contribution is 2.23. The van der Waals surface area contributed by atoms with E-state index in [1.807, 2.05) is 5.51 Å². The Kier molecular flexibility index (Phi) is 5.07. The first kappa shape index (κ1) is 16.1. The van der Waals surface area contributed by atoms with E-state index in [0.29, 0.717) is 11.8 Å². The fourth-order valence-corrected chi connectivity index (χ4v) is 3.85. The zero-order chi connectivity index (χ0) is 16.2. The van der Waals surface area contributed by atoms with Crippen LogP contribution in [0.2, 0.25) is 0 Å². The molecule has 6 nitrogen and oxygen atoms in total. The number of methoxy groups -OCH3 is 1. The van der Waals surface area contributed by atoms with E-state index in [2.05, 4.69) is 38.7 Å². The molecule has 124 valence electrons. The van der Waals surface area contributed by atoms with Crippen molar-refractivity contribution in [2.24, 2.45) is 5.92 Å². The lowest BCUT2D eigenvalue weighted by molar-refractivity contribution is 0.281. The maximum atomic E-state index is 5.18. The van der Waals surface area contributed by atoms with Gasteiger partial charge in [0.1, 0.15) is 0 Å². The molecule has 0 spiro atoms. The van der Waals surface area contributed by atoms with Gasteiger partial charge in [0.25, 0.3) is 0 Å². The maximum absolute atomic E-state index is 5.18. The van der Waals surface area contributed by atoms with E-state index in [0.717, 1.165) is 37.8 Å². The Labute approximate surface area is 141 Å². The summed E-state index contributed by atoms with van der Waals surface area (Å²) in [6.07, 6.45) is 2.93. The van der Waals surface area contributed by atoms with Crippen molar-refractivity contribution in [3.8, 4) is 5.88 Å². The van der Waals surface area contributed by atoms with Crippen LogP contribution in [0, 0.1) is 12.8 Å². The van der Waals surface area contributed by atoms with Crippen LogP contribution in [0.3, 0.4) is 0 Å². The first-order valence-electron chi connectivity index (χ1n) is 7.85. The molecular formula is C16H23N5OS. The first-order valence-corrected chi connectivity index (χ1v) is 8.73. The van der Waals surface area contributed by atoms with Gasteiger partial charge in [-0.3, -0.25) is 0 Å². The topological polar surface area (TPSA) is 54.4 Å². The molecule has 0 amide bonds. The molecule has 1 saturated heterocycles. The highest BCUT2D eigenvalue weighted by molar-refractivity contribution is 7.09. The van der Waals surface area contributed by atoms with Gasteiger partial charge >= 0.3 is 0 Å². The van der Waals surface area contributed by atoms with Crippen molar-refractivity contribution in [2.45, 2.75) is 19.9 Å². The number of nitrogens with zero attached hydrogens (tertiary/aromatic N) is 5. The molecule has 1 aliphatic heterocycles. The van der Waals surface area contributed by atoms with Crippen LogP contribution in [0.15, 0.2) is 17.8 Å². The molecule has 0 unspecified atom stereocenters. The third-order valence-corrected chi connectivity index (χ3v) is 5.14. The number of hydrogen-bond donors (Lipinski definition) is 0.